The molecule has 0 saturated carbocycles. The summed E-state index contributed by atoms with van der Waals surface area (Å²) in [6.45, 7) is 7.54. The number of aryl methyl sites for hydroxylation is 2. The van der Waals surface area contributed by atoms with Crippen molar-refractivity contribution in [2.24, 2.45) is 0 Å². The van der Waals surface area contributed by atoms with E-state index in [1.807, 2.05) is 13.8 Å². The molecule has 1 N–H and O–H groups in total. The lowest BCUT2D eigenvalue weighted by molar-refractivity contribution is 0.195. The first kappa shape index (κ1) is 16.1. The van der Waals surface area contributed by atoms with Crippen LogP contribution in [-0.4, -0.2) is 31.1 Å². The van der Waals surface area contributed by atoms with Crippen LogP contribution in [-0.2, 0) is 0 Å². The third kappa shape index (κ3) is 3.59. The van der Waals surface area contributed by atoms with Gasteiger partial charge < -0.3 is 5.32 Å². The molecule has 122 valence electrons. The predicted octanol–water partition coefficient (Wildman–Crippen LogP) is 3.58. The molecule has 0 radical (unpaired) electrons. The van der Waals surface area contributed by atoms with E-state index in [-0.39, 0.29) is 6.04 Å². The number of halogens is 2. The first-order chi connectivity index (χ1) is 11.0. The first-order valence-electron chi connectivity index (χ1n) is 8.02. The summed E-state index contributed by atoms with van der Waals surface area (Å²) in [7, 11) is 0. The highest BCUT2D eigenvalue weighted by Crippen LogP contribution is 2.32. The van der Waals surface area contributed by atoms with Gasteiger partial charge in [-0.25, -0.2) is 8.78 Å². The molecular formula is C19H22F2N2. The van der Waals surface area contributed by atoms with Gasteiger partial charge in [0, 0.05) is 37.8 Å². The quantitative estimate of drug-likeness (QED) is 0.931. The van der Waals surface area contributed by atoms with Gasteiger partial charge in [-0.3, -0.25) is 4.90 Å². The van der Waals surface area contributed by atoms with E-state index < -0.39 is 11.6 Å². The predicted molar refractivity (Wildman–Crippen MR) is 88.6 cm³/mol. The normalized spacial score (nSPS) is 17.2. The molecule has 1 atom stereocenters. The van der Waals surface area contributed by atoms with Gasteiger partial charge in [0.05, 0.1) is 6.04 Å². The smallest absolute Gasteiger partial charge is 0.131 e. The lowest BCUT2D eigenvalue weighted by atomic mass is 9.93. The zero-order valence-corrected chi connectivity index (χ0v) is 13.6. The van der Waals surface area contributed by atoms with E-state index in [1.54, 1.807) is 6.07 Å². The lowest BCUT2D eigenvalue weighted by Crippen LogP contribution is -2.45. The highest BCUT2D eigenvalue weighted by atomic mass is 19.1. The second-order valence-corrected chi connectivity index (χ2v) is 6.28. The van der Waals surface area contributed by atoms with Crippen molar-refractivity contribution < 1.29 is 8.78 Å². The summed E-state index contributed by atoms with van der Waals surface area (Å²) in [5, 5.41) is 3.32. The Morgan fingerprint density at radius 3 is 2.22 bits per heavy atom. The summed E-state index contributed by atoms with van der Waals surface area (Å²) in [6, 6.07) is 10.0. The zero-order chi connectivity index (χ0) is 16.4. The summed E-state index contributed by atoms with van der Waals surface area (Å²) in [5.41, 5.74) is 3.92. The van der Waals surface area contributed by atoms with E-state index in [1.165, 1.54) is 6.07 Å². The standard InChI is InChI=1S/C19H22F2N2/c1-13-9-14(2)11-15(10-13)19(23-7-5-22-6-8-23)17-4-3-16(20)12-18(17)21/h3-4,9-12,19,22H,5-8H2,1-2H3. The molecule has 23 heavy (non-hydrogen) atoms. The molecular weight excluding hydrogens is 294 g/mol. The Labute approximate surface area is 136 Å². The summed E-state index contributed by atoms with van der Waals surface area (Å²) >= 11 is 0. The summed E-state index contributed by atoms with van der Waals surface area (Å²) in [6.07, 6.45) is 0. The van der Waals surface area contributed by atoms with Crippen LogP contribution >= 0.6 is 0 Å². The molecule has 0 aliphatic carbocycles. The minimum Gasteiger partial charge on any atom is -0.314 e. The van der Waals surface area contributed by atoms with Gasteiger partial charge in [0.15, 0.2) is 0 Å². The van der Waals surface area contributed by atoms with E-state index in [2.05, 4.69) is 28.4 Å². The number of nitrogens with one attached hydrogen (secondary N) is 1. The van der Waals surface area contributed by atoms with Gasteiger partial charge in [-0.1, -0.05) is 35.4 Å². The van der Waals surface area contributed by atoms with Crippen molar-refractivity contribution in [2.45, 2.75) is 19.9 Å². The van der Waals surface area contributed by atoms with Gasteiger partial charge in [-0.15, -0.1) is 0 Å². The van der Waals surface area contributed by atoms with Crippen molar-refractivity contribution in [3.05, 3.63) is 70.3 Å². The Hall–Kier alpha value is -1.78. The van der Waals surface area contributed by atoms with Gasteiger partial charge >= 0.3 is 0 Å². The molecule has 2 nitrogen and oxygen atoms in total. The molecule has 2 aromatic carbocycles. The second kappa shape index (κ2) is 6.77. The number of piperazine rings is 1. The molecule has 1 heterocycles. The topological polar surface area (TPSA) is 15.3 Å². The van der Waals surface area contributed by atoms with Crippen LogP contribution in [0, 0.1) is 25.5 Å². The van der Waals surface area contributed by atoms with E-state index in [4.69, 9.17) is 0 Å². The maximum absolute atomic E-state index is 14.5. The average molecular weight is 316 g/mol. The molecule has 1 aliphatic rings. The third-order valence-corrected chi connectivity index (χ3v) is 4.33. The lowest BCUT2D eigenvalue weighted by Gasteiger charge is -2.36. The van der Waals surface area contributed by atoms with Gasteiger partial charge in [-0.05, 0) is 25.5 Å². The molecule has 0 amide bonds. The SMILES string of the molecule is Cc1cc(C)cc(C(c2ccc(F)cc2F)N2CCNCC2)c1. The van der Waals surface area contributed by atoms with Crippen molar-refractivity contribution in [2.75, 3.05) is 26.2 Å². The molecule has 1 aliphatic heterocycles. The fraction of sp³-hybridized carbons (Fsp3) is 0.368. The van der Waals surface area contributed by atoms with E-state index in [0.29, 0.717) is 5.56 Å². The molecule has 1 fully saturated rings. The van der Waals surface area contributed by atoms with Gasteiger partial charge in [0.2, 0.25) is 0 Å². The van der Waals surface area contributed by atoms with Gasteiger partial charge in [0.25, 0.3) is 0 Å². The van der Waals surface area contributed by atoms with Gasteiger partial charge in [0.1, 0.15) is 11.6 Å². The highest BCUT2D eigenvalue weighted by molar-refractivity contribution is 5.38. The molecule has 3 rings (SSSR count). The Morgan fingerprint density at radius 1 is 0.957 bits per heavy atom. The molecule has 4 heteroatoms. The van der Waals surface area contributed by atoms with Crippen LogP contribution in [0.3, 0.4) is 0 Å². The minimum atomic E-state index is -0.536. The van der Waals surface area contributed by atoms with Crippen LogP contribution in [0.2, 0.25) is 0 Å². The highest BCUT2D eigenvalue weighted by Gasteiger charge is 2.26. The number of hydrogen-bond donors (Lipinski definition) is 1. The van der Waals surface area contributed by atoms with Crippen LogP contribution in [0.4, 0.5) is 8.78 Å². The zero-order valence-electron chi connectivity index (χ0n) is 13.6. The molecule has 2 aromatic rings. The number of nitrogens with zero attached hydrogens (tertiary/aromatic N) is 1. The van der Waals surface area contributed by atoms with Crippen molar-refractivity contribution in [3.8, 4) is 0 Å². The Kier molecular flexibility index (Phi) is 4.74. The monoisotopic (exact) mass is 316 g/mol. The minimum absolute atomic E-state index is 0.184. The average Bonchev–Trinajstić information content (AvgIpc) is 2.50. The fourth-order valence-electron chi connectivity index (χ4n) is 3.42. The molecule has 0 spiro atoms. The Balaban J connectivity index is 2.09. The van der Waals surface area contributed by atoms with Crippen LogP contribution in [0.25, 0.3) is 0 Å². The number of benzene rings is 2. The van der Waals surface area contributed by atoms with E-state index in [9.17, 15) is 8.78 Å². The molecule has 1 saturated heterocycles. The second-order valence-electron chi connectivity index (χ2n) is 6.28. The van der Waals surface area contributed by atoms with Crippen molar-refractivity contribution >= 4 is 0 Å². The molecule has 0 aromatic heterocycles. The van der Waals surface area contributed by atoms with E-state index >= 15 is 0 Å². The Morgan fingerprint density at radius 2 is 1.61 bits per heavy atom. The summed E-state index contributed by atoms with van der Waals surface area (Å²) < 4.78 is 27.8. The maximum atomic E-state index is 14.5. The van der Waals surface area contributed by atoms with Crippen LogP contribution in [0.15, 0.2) is 36.4 Å². The van der Waals surface area contributed by atoms with Gasteiger partial charge in [-0.2, -0.15) is 0 Å². The summed E-state index contributed by atoms with van der Waals surface area (Å²) in [5.74, 6) is -1.02. The first-order valence-corrected chi connectivity index (χ1v) is 8.02. The number of hydrogen-bond acceptors (Lipinski definition) is 2. The molecule has 0 bridgehead atoms. The van der Waals surface area contributed by atoms with Crippen molar-refractivity contribution in [1.82, 2.24) is 10.2 Å². The van der Waals surface area contributed by atoms with Crippen LogP contribution in [0.1, 0.15) is 28.3 Å². The fourth-order valence-corrected chi connectivity index (χ4v) is 3.42. The Bertz CT molecular complexity index is 674. The maximum Gasteiger partial charge on any atom is 0.131 e. The van der Waals surface area contributed by atoms with Crippen LogP contribution < -0.4 is 5.32 Å². The largest absolute Gasteiger partial charge is 0.314 e. The van der Waals surface area contributed by atoms with Crippen molar-refractivity contribution in [3.63, 3.8) is 0 Å². The molecule has 1 unspecified atom stereocenters. The van der Waals surface area contributed by atoms with Crippen molar-refractivity contribution in [1.29, 1.82) is 0 Å². The number of rotatable bonds is 3. The third-order valence-electron chi connectivity index (χ3n) is 4.33. The van der Waals surface area contributed by atoms with E-state index in [0.717, 1.165) is 48.9 Å². The van der Waals surface area contributed by atoms with Crippen LogP contribution in [0.5, 0.6) is 0 Å². The summed E-state index contributed by atoms with van der Waals surface area (Å²) in [4.78, 5) is 2.26.